The van der Waals surface area contributed by atoms with Crippen molar-refractivity contribution in [1.82, 2.24) is 14.8 Å². The molecule has 0 saturated carbocycles. The van der Waals surface area contributed by atoms with Crippen LogP contribution in [0.25, 0.3) is 0 Å². The van der Waals surface area contributed by atoms with E-state index in [0.717, 1.165) is 13.0 Å². The van der Waals surface area contributed by atoms with Gasteiger partial charge in [0.25, 0.3) is 0 Å². The maximum absolute atomic E-state index is 11.4. The third-order valence-electron chi connectivity index (χ3n) is 2.68. The first kappa shape index (κ1) is 13.2. The van der Waals surface area contributed by atoms with Crippen molar-refractivity contribution in [2.75, 3.05) is 5.32 Å². The van der Waals surface area contributed by atoms with Gasteiger partial charge in [-0.25, -0.2) is 0 Å². The number of anilines is 1. The minimum absolute atomic E-state index is 0.237. The zero-order valence-corrected chi connectivity index (χ0v) is 10.8. The van der Waals surface area contributed by atoms with Crippen molar-refractivity contribution in [3.05, 3.63) is 42.4 Å². The van der Waals surface area contributed by atoms with Crippen LogP contribution < -0.4 is 11.1 Å². The second-order valence-electron chi connectivity index (χ2n) is 4.35. The Balaban J connectivity index is 1.89. The molecule has 2 aromatic rings. The van der Waals surface area contributed by atoms with E-state index in [-0.39, 0.29) is 5.91 Å². The van der Waals surface area contributed by atoms with Crippen molar-refractivity contribution >= 4 is 11.7 Å². The molecule has 6 nitrogen and oxygen atoms in total. The molecule has 6 heteroatoms. The van der Waals surface area contributed by atoms with Gasteiger partial charge >= 0.3 is 0 Å². The number of nitrogens with two attached hydrogens (primary N) is 1. The Morgan fingerprint density at radius 2 is 2.16 bits per heavy atom. The van der Waals surface area contributed by atoms with E-state index >= 15 is 0 Å². The number of amides is 1. The lowest BCUT2D eigenvalue weighted by molar-refractivity contribution is -0.117. The topological polar surface area (TPSA) is 85.8 Å². The summed E-state index contributed by atoms with van der Waals surface area (Å²) in [5, 5.41) is 6.92. The summed E-state index contributed by atoms with van der Waals surface area (Å²) in [7, 11) is 0. The lowest BCUT2D eigenvalue weighted by Gasteiger charge is -2.04. The lowest BCUT2D eigenvalue weighted by atomic mass is 10.2. The number of rotatable bonds is 5. The molecule has 0 aliphatic rings. The summed E-state index contributed by atoms with van der Waals surface area (Å²) in [4.78, 5) is 15.4. The zero-order chi connectivity index (χ0) is 13.7. The van der Waals surface area contributed by atoms with Crippen LogP contribution in [0.3, 0.4) is 0 Å². The Morgan fingerprint density at radius 1 is 1.42 bits per heavy atom. The van der Waals surface area contributed by atoms with Gasteiger partial charge in [-0.15, -0.1) is 0 Å². The molecule has 0 aliphatic carbocycles. The Hall–Kier alpha value is -2.21. The fourth-order valence-corrected chi connectivity index (χ4v) is 1.59. The first-order valence-electron chi connectivity index (χ1n) is 6.14. The van der Waals surface area contributed by atoms with Crippen LogP contribution in [0, 0.1) is 0 Å². The smallest absolute Gasteiger partial charge is 0.242 e. The largest absolute Gasteiger partial charge is 0.320 e. The van der Waals surface area contributed by atoms with Gasteiger partial charge in [-0.1, -0.05) is 0 Å². The van der Waals surface area contributed by atoms with Crippen LogP contribution in [0.5, 0.6) is 0 Å². The minimum atomic E-state index is -0.540. The maximum atomic E-state index is 11.4. The molecule has 0 unspecified atom stereocenters. The van der Waals surface area contributed by atoms with Gasteiger partial charge in [0.1, 0.15) is 0 Å². The number of pyridine rings is 1. The van der Waals surface area contributed by atoms with Gasteiger partial charge < -0.3 is 11.1 Å². The van der Waals surface area contributed by atoms with Gasteiger partial charge in [-0.3, -0.25) is 14.5 Å². The van der Waals surface area contributed by atoms with Gasteiger partial charge in [0.2, 0.25) is 5.91 Å². The molecule has 2 rings (SSSR count). The fraction of sp³-hybridized carbons (Fsp3) is 0.308. The summed E-state index contributed by atoms with van der Waals surface area (Å²) >= 11 is 0. The number of nitrogens with one attached hydrogen (secondary N) is 1. The number of carbonyl (C=O) groups excluding carboxylic acids is 1. The monoisotopic (exact) mass is 259 g/mol. The third-order valence-corrected chi connectivity index (χ3v) is 2.68. The van der Waals surface area contributed by atoms with Crippen molar-refractivity contribution < 1.29 is 4.79 Å². The number of carbonyl (C=O) groups is 1. The van der Waals surface area contributed by atoms with Gasteiger partial charge in [0, 0.05) is 31.2 Å². The Bertz CT molecular complexity index is 535. The molecule has 0 fully saturated rings. The van der Waals surface area contributed by atoms with E-state index in [1.54, 1.807) is 30.1 Å². The second kappa shape index (κ2) is 6.10. The normalized spacial score (nSPS) is 12.1. The van der Waals surface area contributed by atoms with E-state index in [0.29, 0.717) is 5.82 Å². The van der Waals surface area contributed by atoms with Crippen molar-refractivity contribution in [3.8, 4) is 0 Å². The highest BCUT2D eigenvalue weighted by molar-refractivity contribution is 5.93. The van der Waals surface area contributed by atoms with E-state index in [1.807, 2.05) is 18.3 Å². The van der Waals surface area contributed by atoms with Crippen LogP contribution >= 0.6 is 0 Å². The molecule has 0 aliphatic heterocycles. The minimum Gasteiger partial charge on any atom is -0.320 e. The fourth-order valence-electron chi connectivity index (χ4n) is 1.59. The molecule has 19 heavy (non-hydrogen) atoms. The van der Waals surface area contributed by atoms with Gasteiger partial charge in [-0.05, 0) is 31.0 Å². The molecule has 1 amide bonds. The Labute approximate surface area is 111 Å². The van der Waals surface area contributed by atoms with Crippen molar-refractivity contribution in [1.29, 1.82) is 0 Å². The van der Waals surface area contributed by atoms with E-state index in [2.05, 4.69) is 15.4 Å². The van der Waals surface area contributed by atoms with Crippen LogP contribution in [-0.2, 0) is 17.8 Å². The van der Waals surface area contributed by atoms with E-state index in [4.69, 9.17) is 5.73 Å². The highest BCUT2D eigenvalue weighted by atomic mass is 16.2. The number of nitrogens with zero attached hydrogens (tertiary/aromatic N) is 3. The summed E-state index contributed by atoms with van der Waals surface area (Å²) in [5.74, 6) is 0.288. The molecule has 1 atom stereocenters. The summed E-state index contributed by atoms with van der Waals surface area (Å²) < 4.78 is 1.79. The number of aromatic nitrogens is 3. The highest BCUT2D eigenvalue weighted by Crippen LogP contribution is 2.05. The second-order valence-corrected chi connectivity index (χ2v) is 4.35. The molecule has 3 N–H and O–H groups in total. The number of hydrogen-bond donors (Lipinski definition) is 2. The van der Waals surface area contributed by atoms with E-state index in [1.165, 1.54) is 5.56 Å². The predicted molar refractivity (Wildman–Crippen MR) is 72.4 cm³/mol. The molecule has 2 aromatic heterocycles. The summed E-state index contributed by atoms with van der Waals surface area (Å²) in [6, 6.07) is 5.17. The molecule has 0 spiro atoms. The maximum Gasteiger partial charge on any atom is 0.242 e. The first-order chi connectivity index (χ1) is 9.15. The van der Waals surface area contributed by atoms with Crippen molar-refractivity contribution in [2.45, 2.75) is 25.9 Å². The van der Waals surface area contributed by atoms with Crippen LogP contribution in [0.2, 0.25) is 0 Å². The average molecular weight is 259 g/mol. The zero-order valence-electron chi connectivity index (χ0n) is 10.8. The van der Waals surface area contributed by atoms with Crippen LogP contribution in [-0.4, -0.2) is 26.7 Å². The molecule has 0 bridgehead atoms. The van der Waals surface area contributed by atoms with Crippen LogP contribution in [0.1, 0.15) is 12.5 Å². The van der Waals surface area contributed by atoms with E-state index in [9.17, 15) is 4.79 Å². The Morgan fingerprint density at radius 3 is 2.84 bits per heavy atom. The summed E-state index contributed by atoms with van der Waals surface area (Å²) in [6.07, 6.45) is 6.24. The molecule has 0 aromatic carbocycles. The average Bonchev–Trinajstić information content (AvgIpc) is 2.85. The Kier molecular flexibility index (Phi) is 4.25. The van der Waals surface area contributed by atoms with Crippen molar-refractivity contribution in [3.63, 3.8) is 0 Å². The lowest BCUT2D eigenvalue weighted by Crippen LogP contribution is -2.32. The number of aryl methyl sites for hydroxylation is 2. The van der Waals surface area contributed by atoms with Gasteiger partial charge in [0.15, 0.2) is 5.82 Å². The molecule has 0 saturated heterocycles. The standard InChI is InChI=1S/C13H17N5O/c1-10(14)13(19)16-12-5-9-18(17-12)8-4-11-2-6-15-7-3-11/h2-3,5-7,9-10H,4,8,14H2,1H3,(H,16,17,19)/t10-/m1/s1. The highest BCUT2D eigenvalue weighted by Gasteiger charge is 2.09. The molecular formula is C13H17N5O. The quantitative estimate of drug-likeness (QED) is 0.832. The SMILES string of the molecule is C[C@@H](N)C(=O)Nc1ccn(CCc2ccncc2)n1. The molecular weight excluding hydrogens is 242 g/mol. The van der Waals surface area contributed by atoms with E-state index < -0.39 is 6.04 Å². The van der Waals surface area contributed by atoms with Crippen LogP contribution in [0.15, 0.2) is 36.8 Å². The summed E-state index contributed by atoms with van der Waals surface area (Å²) in [5.41, 5.74) is 6.67. The van der Waals surface area contributed by atoms with Crippen molar-refractivity contribution in [2.24, 2.45) is 5.73 Å². The summed E-state index contributed by atoms with van der Waals surface area (Å²) in [6.45, 7) is 2.38. The molecule has 0 radical (unpaired) electrons. The van der Waals surface area contributed by atoms with Crippen LogP contribution in [0.4, 0.5) is 5.82 Å². The van der Waals surface area contributed by atoms with Gasteiger partial charge in [0.05, 0.1) is 6.04 Å². The van der Waals surface area contributed by atoms with Gasteiger partial charge in [-0.2, -0.15) is 5.10 Å². The molecule has 100 valence electrons. The predicted octanol–water partition coefficient (Wildman–Crippen LogP) is 0.806. The third kappa shape index (κ3) is 3.89. The molecule has 2 heterocycles. The first-order valence-corrected chi connectivity index (χ1v) is 6.14. The number of hydrogen-bond acceptors (Lipinski definition) is 4.